The summed E-state index contributed by atoms with van der Waals surface area (Å²) >= 11 is 0. The third kappa shape index (κ3) is 4.47. The van der Waals surface area contributed by atoms with Gasteiger partial charge in [-0.25, -0.2) is 4.98 Å². The monoisotopic (exact) mass is 479 g/mol. The zero-order valence-electron chi connectivity index (χ0n) is 16.3. The van der Waals surface area contributed by atoms with Crippen LogP contribution in [0.3, 0.4) is 0 Å². The van der Waals surface area contributed by atoms with Gasteiger partial charge in [-0.3, -0.25) is 4.99 Å². The Morgan fingerprint density at radius 1 is 1.26 bits per heavy atom. The van der Waals surface area contributed by atoms with Crippen LogP contribution in [-0.4, -0.2) is 40.5 Å². The maximum Gasteiger partial charge on any atom is 0.193 e. The molecule has 5 nitrogen and oxygen atoms in total. The molecule has 2 aromatic rings. The zero-order chi connectivity index (χ0) is 17.9. The van der Waals surface area contributed by atoms with Crippen molar-refractivity contribution in [3.63, 3.8) is 0 Å². The highest BCUT2D eigenvalue weighted by molar-refractivity contribution is 14.0. The second-order valence-corrected chi connectivity index (χ2v) is 7.49. The fourth-order valence-electron chi connectivity index (χ4n) is 4.31. The Morgan fingerprint density at radius 2 is 2.11 bits per heavy atom. The molecule has 3 heterocycles. The molecule has 1 unspecified atom stereocenters. The van der Waals surface area contributed by atoms with Crippen LogP contribution in [0.25, 0.3) is 0 Å². The molecule has 1 aromatic carbocycles. The summed E-state index contributed by atoms with van der Waals surface area (Å²) in [7, 11) is 1.88. The minimum atomic E-state index is 0. The predicted octanol–water partition coefficient (Wildman–Crippen LogP) is 3.71. The first-order chi connectivity index (χ1) is 12.7. The molecule has 2 aliphatic rings. The average Bonchev–Trinajstić information content (AvgIpc) is 3.29. The lowest BCUT2D eigenvalue weighted by Gasteiger charge is -2.21. The van der Waals surface area contributed by atoms with E-state index >= 15 is 0 Å². The minimum absolute atomic E-state index is 0. The van der Waals surface area contributed by atoms with Crippen LogP contribution in [0.5, 0.6) is 0 Å². The zero-order valence-corrected chi connectivity index (χ0v) is 18.6. The van der Waals surface area contributed by atoms with Crippen molar-refractivity contribution in [2.75, 3.05) is 20.1 Å². The normalized spacial score (nSPS) is 19.6. The smallest absolute Gasteiger partial charge is 0.193 e. The topological polar surface area (TPSA) is 45.5 Å². The van der Waals surface area contributed by atoms with Crippen LogP contribution in [0.1, 0.15) is 47.8 Å². The van der Waals surface area contributed by atoms with Gasteiger partial charge in [-0.1, -0.05) is 24.3 Å². The number of aryl methyl sites for hydroxylation is 3. The summed E-state index contributed by atoms with van der Waals surface area (Å²) < 4.78 is 2.31. The third-order valence-corrected chi connectivity index (χ3v) is 5.71. The summed E-state index contributed by atoms with van der Waals surface area (Å²) in [6.45, 7) is 6.16. The molecule has 146 valence electrons. The Hall–Kier alpha value is -1.57. The van der Waals surface area contributed by atoms with Gasteiger partial charge in [0.25, 0.3) is 0 Å². The molecule has 0 radical (unpaired) electrons. The molecule has 0 bridgehead atoms. The van der Waals surface area contributed by atoms with E-state index in [9.17, 15) is 0 Å². The molecule has 4 rings (SSSR count). The van der Waals surface area contributed by atoms with Crippen molar-refractivity contribution < 1.29 is 0 Å². The molecule has 1 atom stereocenters. The number of likely N-dealkylation sites (tertiary alicyclic amines) is 1. The van der Waals surface area contributed by atoms with E-state index in [-0.39, 0.29) is 24.0 Å². The molecule has 0 aliphatic carbocycles. The van der Waals surface area contributed by atoms with Crippen LogP contribution in [0.4, 0.5) is 0 Å². The number of aliphatic imine (C=N–C) groups is 1. The van der Waals surface area contributed by atoms with Crippen molar-refractivity contribution in [1.82, 2.24) is 19.8 Å². The molecule has 6 heteroatoms. The predicted molar refractivity (Wildman–Crippen MR) is 121 cm³/mol. The van der Waals surface area contributed by atoms with E-state index in [0.717, 1.165) is 44.3 Å². The van der Waals surface area contributed by atoms with Crippen molar-refractivity contribution >= 4 is 29.9 Å². The lowest BCUT2D eigenvalue weighted by atomic mass is 9.94. The summed E-state index contributed by atoms with van der Waals surface area (Å²) in [5.74, 6) is 2.82. The molecule has 2 aliphatic heterocycles. The van der Waals surface area contributed by atoms with Crippen LogP contribution < -0.4 is 5.32 Å². The molecule has 1 fully saturated rings. The number of hydrogen-bond acceptors (Lipinski definition) is 2. The SMILES string of the molecule is CN=C(NCc1cn2c(n1)CCCC2)N1CCC(c2ccccc2C)C1.I. The molecular formula is C21H30IN5. The highest BCUT2D eigenvalue weighted by Gasteiger charge is 2.27. The Bertz CT molecular complexity index is 774. The quantitative estimate of drug-likeness (QED) is 0.415. The number of nitrogens with zero attached hydrogens (tertiary/aromatic N) is 4. The summed E-state index contributed by atoms with van der Waals surface area (Å²) in [5.41, 5.74) is 4.00. The largest absolute Gasteiger partial charge is 0.351 e. The number of halogens is 1. The van der Waals surface area contributed by atoms with Gasteiger partial charge in [-0.2, -0.15) is 0 Å². The van der Waals surface area contributed by atoms with E-state index in [2.05, 4.69) is 57.2 Å². The van der Waals surface area contributed by atoms with Gasteiger partial charge >= 0.3 is 0 Å². The van der Waals surface area contributed by atoms with Crippen molar-refractivity contribution in [3.8, 4) is 0 Å². The Morgan fingerprint density at radius 3 is 2.89 bits per heavy atom. The number of rotatable bonds is 3. The van der Waals surface area contributed by atoms with Gasteiger partial charge in [0.05, 0.1) is 12.2 Å². The second-order valence-electron chi connectivity index (χ2n) is 7.49. The second kappa shape index (κ2) is 9.08. The van der Waals surface area contributed by atoms with Gasteiger partial charge in [0.15, 0.2) is 5.96 Å². The molecule has 27 heavy (non-hydrogen) atoms. The first-order valence-electron chi connectivity index (χ1n) is 9.80. The summed E-state index contributed by atoms with van der Waals surface area (Å²) in [6, 6.07) is 8.76. The molecule has 1 N–H and O–H groups in total. The number of benzene rings is 1. The van der Waals surface area contributed by atoms with Crippen molar-refractivity contribution in [1.29, 1.82) is 0 Å². The van der Waals surface area contributed by atoms with E-state index in [0.29, 0.717) is 5.92 Å². The molecular weight excluding hydrogens is 449 g/mol. The molecule has 0 saturated carbocycles. The fraction of sp³-hybridized carbons (Fsp3) is 0.524. The molecule has 0 amide bonds. The van der Waals surface area contributed by atoms with E-state index in [1.807, 2.05) is 7.05 Å². The van der Waals surface area contributed by atoms with Crippen LogP contribution in [0, 0.1) is 6.92 Å². The van der Waals surface area contributed by atoms with Gasteiger partial charge in [0.2, 0.25) is 0 Å². The van der Waals surface area contributed by atoms with Crippen molar-refractivity contribution in [3.05, 3.63) is 53.1 Å². The van der Waals surface area contributed by atoms with Crippen LogP contribution in [0.15, 0.2) is 35.5 Å². The van der Waals surface area contributed by atoms with E-state index < -0.39 is 0 Å². The first kappa shape index (κ1) is 20.2. The minimum Gasteiger partial charge on any atom is -0.351 e. The lowest BCUT2D eigenvalue weighted by Crippen LogP contribution is -2.39. The average molecular weight is 479 g/mol. The molecule has 1 aromatic heterocycles. The van der Waals surface area contributed by atoms with Gasteiger partial charge in [0, 0.05) is 45.2 Å². The van der Waals surface area contributed by atoms with E-state index in [1.165, 1.54) is 36.2 Å². The standard InChI is InChI=1S/C21H29N5.HI/c1-16-7-3-4-8-19(16)17-10-12-26(14-17)21(22-2)23-13-18-15-25-11-6-5-9-20(25)24-18;/h3-4,7-8,15,17H,5-6,9-14H2,1-2H3,(H,22,23);1H. The summed E-state index contributed by atoms with van der Waals surface area (Å²) in [4.78, 5) is 11.7. The summed E-state index contributed by atoms with van der Waals surface area (Å²) in [5, 5.41) is 3.52. The van der Waals surface area contributed by atoms with Gasteiger partial charge in [-0.05, 0) is 37.3 Å². The van der Waals surface area contributed by atoms with Crippen LogP contribution in [0.2, 0.25) is 0 Å². The maximum absolute atomic E-state index is 4.78. The number of aromatic nitrogens is 2. The Kier molecular flexibility index (Phi) is 6.78. The third-order valence-electron chi connectivity index (χ3n) is 5.71. The van der Waals surface area contributed by atoms with E-state index in [4.69, 9.17) is 4.98 Å². The van der Waals surface area contributed by atoms with Gasteiger partial charge in [-0.15, -0.1) is 24.0 Å². The first-order valence-corrected chi connectivity index (χ1v) is 9.80. The van der Waals surface area contributed by atoms with E-state index in [1.54, 1.807) is 0 Å². The molecule has 1 saturated heterocycles. The highest BCUT2D eigenvalue weighted by Crippen LogP contribution is 2.29. The van der Waals surface area contributed by atoms with Crippen molar-refractivity contribution in [2.24, 2.45) is 4.99 Å². The van der Waals surface area contributed by atoms with Crippen molar-refractivity contribution in [2.45, 2.75) is 51.6 Å². The van der Waals surface area contributed by atoms with Gasteiger partial charge < -0.3 is 14.8 Å². The molecule has 0 spiro atoms. The number of imidazole rings is 1. The fourth-order valence-corrected chi connectivity index (χ4v) is 4.31. The lowest BCUT2D eigenvalue weighted by molar-refractivity contribution is 0.485. The number of fused-ring (bicyclic) bond motifs is 1. The highest BCUT2D eigenvalue weighted by atomic mass is 127. The maximum atomic E-state index is 4.78. The summed E-state index contributed by atoms with van der Waals surface area (Å²) in [6.07, 6.45) is 7.03. The Balaban J connectivity index is 0.00000210. The van der Waals surface area contributed by atoms with Crippen LogP contribution in [-0.2, 0) is 19.5 Å². The number of nitrogens with one attached hydrogen (secondary N) is 1. The van der Waals surface area contributed by atoms with Crippen LogP contribution >= 0.6 is 24.0 Å². The Labute approximate surface area is 179 Å². The van der Waals surface area contributed by atoms with Gasteiger partial charge in [0.1, 0.15) is 5.82 Å². The number of hydrogen-bond donors (Lipinski definition) is 1. The number of guanidine groups is 1.